The Bertz CT molecular complexity index is 1010. The normalized spacial score (nSPS) is 11.9. The number of carbonyl (C=O) groups is 1. The summed E-state index contributed by atoms with van der Waals surface area (Å²) in [7, 11) is 8.88. The smallest absolute Gasteiger partial charge is 0.231 e. The zero-order valence-corrected chi connectivity index (χ0v) is 18.2. The van der Waals surface area contributed by atoms with Gasteiger partial charge in [-0.1, -0.05) is 0 Å². The van der Waals surface area contributed by atoms with Crippen molar-refractivity contribution in [1.82, 2.24) is 0 Å². The minimum atomic E-state index is -0.372. The zero-order chi connectivity index (χ0) is 22.5. The van der Waals surface area contributed by atoms with E-state index in [1.54, 1.807) is 18.2 Å². The van der Waals surface area contributed by atoms with Crippen molar-refractivity contribution in [2.75, 3.05) is 49.5 Å². The van der Waals surface area contributed by atoms with Crippen molar-refractivity contribution in [3.63, 3.8) is 0 Å². The lowest BCUT2D eigenvalue weighted by atomic mass is 10.0. The van der Waals surface area contributed by atoms with Gasteiger partial charge in [0.15, 0.2) is 28.8 Å². The molecule has 0 saturated carbocycles. The molecule has 2 aromatic carbocycles. The molecule has 0 unspecified atom stereocenters. The Morgan fingerprint density at radius 3 is 2.00 bits per heavy atom. The molecule has 31 heavy (non-hydrogen) atoms. The zero-order valence-electron chi connectivity index (χ0n) is 18.2. The highest BCUT2D eigenvalue weighted by molar-refractivity contribution is 6.11. The van der Waals surface area contributed by atoms with Crippen LogP contribution in [0.2, 0.25) is 0 Å². The largest absolute Gasteiger partial charge is 0.496 e. The first-order valence-electron chi connectivity index (χ1n) is 9.18. The van der Waals surface area contributed by atoms with E-state index in [-0.39, 0.29) is 23.9 Å². The fraction of sp³-hybridized carbons (Fsp3) is 0.318. The molecule has 1 aliphatic heterocycles. The molecule has 0 N–H and O–H groups in total. The van der Waals surface area contributed by atoms with E-state index in [1.165, 1.54) is 48.7 Å². The molecule has 0 aliphatic carbocycles. The molecule has 0 bridgehead atoms. The van der Waals surface area contributed by atoms with Crippen molar-refractivity contribution in [2.24, 2.45) is 0 Å². The van der Waals surface area contributed by atoms with Gasteiger partial charge in [-0.3, -0.25) is 4.79 Å². The van der Waals surface area contributed by atoms with E-state index in [2.05, 4.69) is 0 Å². The summed E-state index contributed by atoms with van der Waals surface area (Å²) >= 11 is 0. The number of fused-ring (bicyclic) bond motifs is 1. The Balaban J connectivity index is 2.08. The van der Waals surface area contributed by atoms with E-state index in [0.717, 1.165) is 0 Å². The Morgan fingerprint density at radius 2 is 1.42 bits per heavy atom. The maximum atomic E-state index is 13.1. The van der Waals surface area contributed by atoms with Gasteiger partial charge in [0.05, 0.1) is 42.7 Å². The highest BCUT2D eigenvalue weighted by atomic mass is 16.7. The number of carbonyl (C=O) groups excluding carboxylic acids is 1. The number of ether oxygens (including phenoxy) is 8. The first-order valence-corrected chi connectivity index (χ1v) is 9.18. The highest BCUT2D eigenvalue weighted by Crippen LogP contribution is 2.49. The van der Waals surface area contributed by atoms with E-state index < -0.39 is 0 Å². The molecule has 3 rings (SSSR count). The van der Waals surface area contributed by atoms with E-state index in [4.69, 9.17) is 37.9 Å². The van der Waals surface area contributed by atoms with E-state index in [1.807, 2.05) is 0 Å². The highest BCUT2D eigenvalue weighted by Gasteiger charge is 2.29. The van der Waals surface area contributed by atoms with Crippen LogP contribution in [0.25, 0.3) is 6.08 Å². The lowest BCUT2D eigenvalue weighted by Crippen LogP contribution is -2.04. The Hall–Kier alpha value is -3.75. The lowest BCUT2D eigenvalue weighted by molar-refractivity contribution is 0.104. The van der Waals surface area contributed by atoms with Crippen LogP contribution in [0, 0.1) is 0 Å². The maximum Gasteiger partial charge on any atom is 0.231 e. The van der Waals surface area contributed by atoms with Crippen molar-refractivity contribution in [1.29, 1.82) is 0 Å². The van der Waals surface area contributed by atoms with Crippen LogP contribution in [0.4, 0.5) is 0 Å². The molecule has 0 aromatic heterocycles. The molecule has 166 valence electrons. The summed E-state index contributed by atoms with van der Waals surface area (Å²) in [5.74, 6) is 2.48. The quantitative estimate of drug-likeness (QED) is 0.437. The van der Waals surface area contributed by atoms with Crippen molar-refractivity contribution in [3.05, 3.63) is 29.3 Å². The van der Waals surface area contributed by atoms with Gasteiger partial charge in [0.2, 0.25) is 24.0 Å². The first kappa shape index (κ1) is 21.9. The van der Waals surface area contributed by atoms with E-state index in [9.17, 15) is 4.79 Å². The van der Waals surface area contributed by atoms with Crippen LogP contribution in [0.5, 0.6) is 46.0 Å². The minimum Gasteiger partial charge on any atom is -0.496 e. The maximum absolute atomic E-state index is 13.1. The fourth-order valence-electron chi connectivity index (χ4n) is 3.31. The summed E-state index contributed by atoms with van der Waals surface area (Å²) in [6.07, 6.45) is 2.95. The number of benzene rings is 2. The summed E-state index contributed by atoms with van der Waals surface area (Å²) in [5, 5.41) is 0. The number of allylic oxidation sites excluding steroid dienone is 1. The van der Waals surface area contributed by atoms with Gasteiger partial charge in [-0.25, -0.2) is 0 Å². The van der Waals surface area contributed by atoms with Crippen LogP contribution >= 0.6 is 0 Å². The topological polar surface area (TPSA) is 90.9 Å². The molecule has 9 heteroatoms. The van der Waals surface area contributed by atoms with Crippen LogP contribution in [-0.4, -0.2) is 55.2 Å². The number of ketones is 1. The Kier molecular flexibility index (Phi) is 6.64. The summed E-state index contributed by atoms with van der Waals surface area (Å²) in [5.41, 5.74) is 0.751. The molecule has 9 nitrogen and oxygen atoms in total. The predicted molar refractivity (Wildman–Crippen MR) is 112 cm³/mol. The molecular weight excluding hydrogens is 408 g/mol. The number of hydrogen-bond acceptors (Lipinski definition) is 9. The lowest BCUT2D eigenvalue weighted by Gasteiger charge is -2.17. The summed E-state index contributed by atoms with van der Waals surface area (Å²) in [6, 6.07) is 3.27. The second kappa shape index (κ2) is 9.38. The van der Waals surface area contributed by atoms with Gasteiger partial charge < -0.3 is 37.9 Å². The van der Waals surface area contributed by atoms with Crippen LogP contribution in [0.3, 0.4) is 0 Å². The van der Waals surface area contributed by atoms with Crippen LogP contribution in [0.15, 0.2) is 18.2 Å². The molecule has 0 radical (unpaired) electrons. The number of rotatable bonds is 9. The standard InChI is InChI=1S/C22H24O9/c1-24-14-10-16-20(31-11-30-16)21(28-5)17(14)13(23)8-7-12-9-15(25-2)19(27-4)22(29-6)18(12)26-3/h7-10H,11H2,1-6H3. The molecule has 0 spiro atoms. The van der Waals surface area contributed by atoms with Crippen molar-refractivity contribution < 1.29 is 42.7 Å². The summed E-state index contributed by atoms with van der Waals surface area (Å²) in [4.78, 5) is 13.1. The molecule has 2 aromatic rings. The third-order valence-electron chi connectivity index (χ3n) is 4.69. The van der Waals surface area contributed by atoms with Gasteiger partial charge in [-0.2, -0.15) is 0 Å². The Morgan fingerprint density at radius 1 is 0.774 bits per heavy atom. The van der Waals surface area contributed by atoms with E-state index in [0.29, 0.717) is 45.8 Å². The second-order valence-electron chi connectivity index (χ2n) is 6.19. The van der Waals surface area contributed by atoms with E-state index >= 15 is 0 Å². The number of hydrogen-bond donors (Lipinski definition) is 0. The SMILES string of the molecule is COc1cc(C=CC(=O)c2c(OC)cc3c(c2OC)OCO3)c(OC)c(OC)c1OC. The van der Waals surface area contributed by atoms with Crippen molar-refractivity contribution in [3.8, 4) is 46.0 Å². The van der Waals surface area contributed by atoms with Crippen LogP contribution in [0.1, 0.15) is 15.9 Å². The molecule has 0 amide bonds. The number of methoxy groups -OCH3 is 6. The fourth-order valence-corrected chi connectivity index (χ4v) is 3.31. The molecule has 1 aliphatic rings. The van der Waals surface area contributed by atoms with Gasteiger partial charge in [0.25, 0.3) is 0 Å². The monoisotopic (exact) mass is 432 g/mol. The van der Waals surface area contributed by atoms with Gasteiger partial charge in [0, 0.05) is 11.6 Å². The molecule has 0 saturated heterocycles. The molecule has 0 atom stereocenters. The third-order valence-corrected chi connectivity index (χ3v) is 4.69. The average molecular weight is 432 g/mol. The van der Waals surface area contributed by atoms with Gasteiger partial charge in [-0.15, -0.1) is 0 Å². The van der Waals surface area contributed by atoms with Crippen LogP contribution in [-0.2, 0) is 0 Å². The second-order valence-corrected chi connectivity index (χ2v) is 6.19. The van der Waals surface area contributed by atoms with Gasteiger partial charge in [0.1, 0.15) is 11.3 Å². The summed E-state index contributed by atoms with van der Waals surface area (Å²) in [6.45, 7) is 0.0327. The summed E-state index contributed by atoms with van der Waals surface area (Å²) < 4.78 is 43.3. The Labute approximate surface area is 180 Å². The predicted octanol–water partition coefficient (Wildman–Crippen LogP) is 3.36. The van der Waals surface area contributed by atoms with Gasteiger partial charge >= 0.3 is 0 Å². The van der Waals surface area contributed by atoms with Crippen molar-refractivity contribution in [2.45, 2.75) is 0 Å². The molecule has 1 heterocycles. The first-order chi connectivity index (χ1) is 15.0. The minimum absolute atomic E-state index is 0.0327. The third kappa shape index (κ3) is 3.86. The molecule has 0 fully saturated rings. The van der Waals surface area contributed by atoms with Crippen LogP contribution < -0.4 is 37.9 Å². The van der Waals surface area contributed by atoms with Crippen molar-refractivity contribution >= 4 is 11.9 Å². The molecular formula is C22H24O9. The van der Waals surface area contributed by atoms with Gasteiger partial charge in [-0.05, 0) is 18.2 Å². The average Bonchev–Trinajstić information content (AvgIpc) is 3.28.